The Morgan fingerprint density at radius 2 is 2.03 bits per heavy atom. The molecule has 1 N–H and O–H groups in total. The summed E-state index contributed by atoms with van der Waals surface area (Å²) in [6.45, 7) is 3.73. The number of piperidine rings is 1. The van der Waals surface area contributed by atoms with Gasteiger partial charge in [0.2, 0.25) is 0 Å². The standard InChI is InChI=1S/C22H25FN6O/c1-16-8-9-20(26-25-16)24-14-19-7-2-3-12-28(19)21-10-11-22(30)29(27-21)15-17-5-4-6-18(23)13-17/h4-6,8-11,13,19H,2-3,7,12,14-15H2,1H3,(H,24,26). The van der Waals surface area contributed by atoms with Crippen molar-refractivity contribution < 1.29 is 4.39 Å². The number of hydrogen-bond acceptors (Lipinski definition) is 6. The van der Waals surface area contributed by atoms with Gasteiger partial charge in [-0.1, -0.05) is 12.1 Å². The third kappa shape index (κ3) is 4.82. The highest BCUT2D eigenvalue weighted by molar-refractivity contribution is 5.41. The molecule has 0 saturated carbocycles. The van der Waals surface area contributed by atoms with Crippen LogP contribution in [0.15, 0.2) is 53.3 Å². The highest BCUT2D eigenvalue weighted by atomic mass is 19.1. The molecule has 156 valence electrons. The number of hydrogen-bond donors (Lipinski definition) is 1. The van der Waals surface area contributed by atoms with Gasteiger partial charge in [-0.2, -0.15) is 10.2 Å². The highest BCUT2D eigenvalue weighted by Crippen LogP contribution is 2.23. The summed E-state index contributed by atoms with van der Waals surface area (Å²) in [7, 11) is 0. The Balaban J connectivity index is 1.51. The second-order valence-corrected chi connectivity index (χ2v) is 7.60. The van der Waals surface area contributed by atoms with E-state index >= 15 is 0 Å². The molecule has 1 aromatic carbocycles. The van der Waals surface area contributed by atoms with E-state index in [-0.39, 0.29) is 24.0 Å². The Labute approximate surface area is 174 Å². The fourth-order valence-electron chi connectivity index (χ4n) is 3.74. The third-order valence-electron chi connectivity index (χ3n) is 5.31. The van der Waals surface area contributed by atoms with Crippen LogP contribution in [0.2, 0.25) is 0 Å². The van der Waals surface area contributed by atoms with Crippen molar-refractivity contribution in [3.63, 3.8) is 0 Å². The lowest BCUT2D eigenvalue weighted by Gasteiger charge is -2.36. The zero-order valence-corrected chi connectivity index (χ0v) is 17.0. The summed E-state index contributed by atoms with van der Waals surface area (Å²) >= 11 is 0. The Hall–Kier alpha value is -3.29. The monoisotopic (exact) mass is 408 g/mol. The molecule has 0 spiro atoms. The maximum absolute atomic E-state index is 13.5. The van der Waals surface area contributed by atoms with Crippen LogP contribution in [0.4, 0.5) is 16.0 Å². The van der Waals surface area contributed by atoms with E-state index < -0.39 is 0 Å². The van der Waals surface area contributed by atoms with E-state index in [1.54, 1.807) is 18.2 Å². The Bertz CT molecular complexity index is 1050. The van der Waals surface area contributed by atoms with Crippen LogP contribution in [0.5, 0.6) is 0 Å². The SMILES string of the molecule is Cc1ccc(NCC2CCCCN2c2ccc(=O)n(Cc3cccc(F)c3)n2)nn1. The maximum atomic E-state index is 13.5. The summed E-state index contributed by atoms with van der Waals surface area (Å²) in [5, 5.41) is 16.2. The molecule has 0 radical (unpaired) electrons. The zero-order chi connectivity index (χ0) is 20.9. The normalized spacial score (nSPS) is 16.5. The average Bonchev–Trinajstić information content (AvgIpc) is 2.75. The van der Waals surface area contributed by atoms with Gasteiger partial charge in [-0.3, -0.25) is 4.79 Å². The number of rotatable bonds is 6. The average molecular weight is 408 g/mol. The van der Waals surface area contributed by atoms with Crippen LogP contribution in [0.25, 0.3) is 0 Å². The van der Waals surface area contributed by atoms with E-state index in [1.807, 2.05) is 19.1 Å². The fourth-order valence-corrected chi connectivity index (χ4v) is 3.74. The molecule has 3 heterocycles. The molecular weight excluding hydrogens is 383 g/mol. The first-order valence-electron chi connectivity index (χ1n) is 10.2. The van der Waals surface area contributed by atoms with E-state index in [4.69, 9.17) is 0 Å². The molecule has 1 aliphatic heterocycles. The predicted molar refractivity (Wildman–Crippen MR) is 114 cm³/mol. The second kappa shape index (κ2) is 9.02. The molecule has 4 rings (SSSR count). The lowest BCUT2D eigenvalue weighted by molar-refractivity contribution is 0.462. The van der Waals surface area contributed by atoms with Crippen LogP contribution in [-0.2, 0) is 6.54 Å². The van der Waals surface area contributed by atoms with Gasteiger partial charge in [-0.05, 0) is 62.1 Å². The number of aryl methyl sites for hydroxylation is 1. The number of nitrogens with one attached hydrogen (secondary N) is 1. The van der Waals surface area contributed by atoms with E-state index in [2.05, 4.69) is 25.5 Å². The van der Waals surface area contributed by atoms with Crippen molar-refractivity contribution in [1.29, 1.82) is 0 Å². The minimum absolute atomic E-state index is 0.204. The van der Waals surface area contributed by atoms with Gasteiger partial charge >= 0.3 is 0 Å². The topological polar surface area (TPSA) is 75.9 Å². The van der Waals surface area contributed by atoms with Crippen LogP contribution in [0.3, 0.4) is 0 Å². The Kier molecular flexibility index (Phi) is 6.02. The number of aromatic nitrogens is 4. The lowest BCUT2D eigenvalue weighted by atomic mass is 10.0. The van der Waals surface area contributed by atoms with Crippen LogP contribution in [0, 0.1) is 12.7 Å². The van der Waals surface area contributed by atoms with Gasteiger partial charge in [-0.25, -0.2) is 9.07 Å². The largest absolute Gasteiger partial charge is 0.367 e. The Morgan fingerprint density at radius 1 is 1.13 bits per heavy atom. The van der Waals surface area contributed by atoms with E-state index in [0.717, 1.165) is 43.1 Å². The van der Waals surface area contributed by atoms with E-state index in [1.165, 1.54) is 22.9 Å². The molecular formula is C22H25FN6O. The molecule has 0 aliphatic carbocycles. The molecule has 0 bridgehead atoms. The predicted octanol–water partition coefficient (Wildman–Crippen LogP) is 3.00. The van der Waals surface area contributed by atoms with Crippen LogP contribution in [-0.4, -0.2) is 39.1 Å². The number of halogens is 1. The van der Waals surface area contributed by atoms with Crippen molar-refractivity contribution in [2.75, 3.05) is 23.3 Å². The first kappa shape index (κ1) is 20.0. The number of anilines is 2. The molecule has 1 atom stereocenters. The quantitative estimate of drug-likeness (QED) is 0.676. The molecule has 7 nitrogen and oxygen atoms in total. The summed E-state index contributed by atoms with van der Waals surface area (Å²) < 4.78 is 14.9. The molecule has 2 aromatic heterocycles. The summed E-state index contributed by atoms with van der Waals surface area (Å²) in [5.41, 5.74) is 1.38. The van der Waals surface area contributed by atoms with Crippen LogP contribution < -0.4 is 15.8 Å². The Morgan fingerprint density at radius 3 is 2.83 bits per heavy atom. The van der Waals surface area contributed by atoms with Gasteiger partial charge in [0.25, 0.3) is 5.56 Å². The minimum atomic E-state index is -0.321. The highest BCUT2D eigenvalue weighted by Gasteiger charge is 2.24. The van der Waals surface area contributed by atoms with Crippen LogP contribution >= 0.6 is 0 Å². The summed E-state index contributed by atoms with van der Waals surface area (Å²) in [5.74, 6) is 1.18. The van der Waals surface area contributed by atoms with E-state index in [0.29, 0.717) is 12.1 Å². The third-order valence-corrected chi connectivity index (χ3v) is 5.31. The van der Waals surface area contributed by atoms with Gasteiger partial charge < -0.3 is 10.2 Å². The summed E-state index contributed by atoms with van der Waals surface area (Å²) in [6, 6.07) is 13.6. The molecule has 30 heavy (non-hydrogen) atoms. The number of benzene rings is 1. The van der Waals surface area contributed by atoms with Gasteiger partial charge in [0.1, 0.15) is 17.5 Å². The van der Waals surface area contributed by atoms with E-state index in [9.17, 15) is 9.18 Å². The second-order valence-electron chi connectivity index (χ2n) is 7.60. The van der Waals surface area contributed by atoms with Crippen molar-refractivity contribution in [2.24, 2.45) is 0 Å². The van der Waals surface area contributed by atoms with Gasteiger partial charge in [0.05, 0.1) is 12.2 Å². The lowest BCUT2D eigenvalue weighted by Crippen LogP contribution is -2.45. The van der Waals surface area contributed by atoms with Crippen molar-refractivity contribution in [3.05, 3.63) is 76.0 Å². The molecule has 1 unspecified atom stereocenters. The smallest absolute Gasteiger partial charge is 0.267 e. The zero-order valence-electron chi connectivity index (χ0n) is 17.0. The van der Waals surface area contributed by atoms with Gasteiger partial charge in [0, 0.05) is 25.2 Å². The van der Waals surface area contributed by atoms with Crippen LogP contribution in [0.1, 0.15) is 30.5 Å². The first-order chi connectivity index (χ1) is 14.6. The molecule has 1 aliphatic rings. The number of nitrogens with zero attached hydrogens (tertiary/aromatic N) is 5. The molecule has 3 aromatic rings. The first-order valence-corrected chi connectivity index (χ1v) is 10.2. The van der Waals surface area contributed by atoms with Gasteiger partial charge in [-0.15, -0.1) is 5.10 Å². The van der Waals surface area contributed by atoms with Crippen molar-refractivity contribution in [3.8, 4) is 0 Å². The van der Waals surface area contributed by atoms with Crippen molar-refractivity contribution in [1.82, 2.24) is 20.0 Å². The molecule has 8 heteroatoms. The van der Waals surface area contributed by atoms with Crippen molar-refractivity contribution in [2.45, 2.75) is 38.8 Å². The minimum Gasteiger partial charge on any atom is -0.367 e. The van der Waals surface area contributed by atoms with Crippen molar-refractivity contribution >= 4 is 11.6 Å². The fraction of sp³-hybridized carbons (Fsp3) is 0.364. The molecule has 1 fully saturated rings. The molecule has 0 amide bonds. The van der Waals surface area contributed by atoms with Gasteiger partial charge in [0.15, 0.2) is 0 Å². The molecule has 1 saturated heterocycles. The summed E-state index contributed by atoms with van der Waals surface area (Å²) in [6.07, 6.45) is 3.24. The summed E-state index contributed by atoms with van der Waals surface area (Å²) in [4.78, 5) is 14.6. The maximum Gasteiger partial charge on any atom is 0.267 e.